The van der Waals surface area contributed by atoms with Crippen molar-refractivity contribution in [3.63, 3.8) is 0 Å². The zero-order valence-electron chi connectivity index (χ0n) is 15.3. The molecule has 0 bridgehead atoms. The fourth-order valence-electron chi connectivity index (χ4n) is 3.64. The van der Waals surface area contributed by atoms with E-state index in [0.717, 1.165) is 30.4 Å². The molecule has 7 heteroatoms. The van der Waals surface area contributed by atoms with Gasteiger partial charge in [0.25, 0.3) is 0 Å². The number of piperidine rings is 1. The zero-order chi connectivity index (χ0) is 19.1. The highest BCUT2D eigenvalue weighted by Gasteiger charge is 2.29. The predicted molar refractivity (Wildman–Crippen MR) is 101 cm³/mol. The molecule has 7 nitrogen and oxygen atoms in total. The molecule has 0 radical (unpaired) electrons. The van der Waals surface area contributed by atoms with Gasteiger partial charge in [0.05, 0.1) is 12.2 Å². The maximum atomic E-state index is 13.0. The molecule has 27 heavy (non-hydrogen) atoms. The maximum Gasteiger partial charge on any atom is 0.318 e. The summed E-state index contributed by atoms with van der Waals surface area (Å²) in [5, 5.41) is 18.9. The molecule has 0 saturated carbocycles. The van der Waals surface area contributed by atoms with E-state index >= 15 is 0 Å². The molecule has 3 N–H and O–H groups in total. The van der Waals surface area contributed by atoms with E-state index in [1.165, 1.54) is 0 Å². The molecular weight excluding hydrogens is 344 g/mol. The van der Waals surface area contributed by atoms with Crippen LogP contribution in [0.25, 0.3) is 0 Å². The molecule has 1 fully saturated rings. The van der Waals surface area contributed by atoms with Gasteiger partial charge in [0.15, 0.2) is 0 Å². The Hall–Kier alpha value is -2.83. The lowest BCUT2D eigenvalue weighted by Gasteiger charge is -2.36. The first-order valence-electron chi connectivity index (χ1n) is 9.45. The van der Waals surface area contributed by atoms with E-state index in [1.807, 2.05) is 41.4 Å². The van der Waals surface area contributed by atoms with Crippen LogP contribution in [0, 0.1) is 0 Å². The summed E-state index contributed by atoms with van der Waals surface area (Å²) in [6, 6.07) is 9.49. The van der Waals surface area contributed by atoms with Gasteiger partial charge in [0, 0.05) is 30.8 Å². The van der Waals surface area contributed by atoms with Crippen molar-refractivity contribution in [2.45, 2.75) is 50.6 Å². The van der Waals surface area contributed by atoms with Crippen molar-refractivity contribution in [2.75, 3.05) is 6.54 Å². The fraction of sp³-hybridized carbons (Fsp3) is 0.450. The summed E-state index contributed by atoms with van der Waals surface area (Å²) in [5.74, 6) is -0.850. The summed E-state index contributed by atoms with van der Waals surface area (Å²) >= 11 is 0. The van der Waals surface area contributed by atoms with Crippen LogP contribution in [0.2, 0.25) is 0 Å². The molecule has 2 amide bonds. The number of carbonyl (C=O) groups excluding carboxylic acids is 1. The molecule has 0 aliphatic carbocycles. The molecule has 1 aliphatic heterocycles. The topological polar surface area (TPSA) is 98.3 Å². The second kappa shape index (κ2) is 9.21. The third kappa shape index (κ3) is 5.32. The first-order valence-corrected chi connectivity index (χ1v) is 9.45. The molecule has 1 aromatic heterocycles. The second-order valence-electron chi connectivity index (χ2n) is 7.01. The van der Waals surface area contributed by atoms with E-state index in [9.17, 15) is 9.59 Å². The average Bonchev–Trinajstić information content (AvgIpc) is 3.21. The fourth-order valence-corrected chi connectivity index (χ4v) is 3.64. The number of rotatable bonds is 7. The first-order chi connectivity index (χ1) is 13.1. The van der Waals surface area contributed by atoms with Crippen LogP contribution >= 0.6 is 0 Å². The van der Waals surface area contributed by atoms with Gasteiger partial charge in [-0.1, -0.05) is 30.3 Å². The number of hydrogen-bond acceptors (Lipinski definition) is 3. The van der Waals surface area contributed by atoms with Crippen LogP contribution in [-0.2, 0) is 11.2 Å². The Morgan fingerprint density at radius 1 is 1.30 bits per heavy atom. The zero-order valence-corrected chi connectivity index (χ0v) is 15.3. The molecule has 0 spiro atoms. The van der Waals surface area contributed by atoms with Crippen LogP contribution in [0.4, 0.5) is 4.79 Å². The second-order valence-corrected chi connectivity index (χ2v) is 7.01. The smallest absolute Gasteiger partial charge is 0.318 e. The van der Waals surface area contributed by atoms with E-state index < -0.39 is 5.97 Å². The quantitative estimate of drug-likeness (QED) is 0.697. The molecular formula is C20H26N4O3. The minimum atomic E-state index is -0.850. The van der Waals surface area contributed by atoms with Crippen molar-refractivity contribution in [3.8, 4) is 0 Å². The minimum absolute atomic E-state index is 0.00866. The third-order valence-electron chi connectivity index (χ3n) is 5.03. The predicted octanol–water partition coefficient (Wildman–Crippen LogP) is 3.12. The molecule has 3 rings (SSSR count). The van der Waals surface area contributed by atoms with Crippen LogP contribution < -0.4 is 5.32 Å². The maximum absolute atomic E-state index is 13.0. The number of likely N-dealkylation sites (tertiary alicyclic amines) is 1. The lowest BCUT2D eigenvalue weighted by atomic mass is 9.97. The van der Waals surface area contributed by atoms with Gasteiger partial charge >= 0.3 is 12.0 Å². The molecule has 2 atom stereocenters. The Labute approximate surface area is 158 Å². The molecule has 2 heterocycles. The highest BCUT2D eigenvalue weighted by Crippen LogP contribution is 2.30. The lowest BCUT2D eigenvalue weighted by molar-refractivity contribution is -0.137. The van der Waals surface area contributed by atoms with E-state index in [0.29, 0.717) is 19.4 Å². The number of carbonyl (C=O) groups is 2. The van der Waals surface area contributed by atoms with E-state index in [1.54, 1.807) is 6.20 Å². The normalized spacial score (nSPS) is 18.1. The SMILES string of the molecule is O=C(O)CCC(Cc1ccccc1)NC(=O)N1CCCCC1c1cn[nH]c1. The van der Waals surface area contributed by atoms with Crippen molar-refractivity contribution in [3.05, 3.63) is 53.9 Å². The lowest BCUT2D eigenvalue weighted by Crippen LogP contribution is -2.48. The first kappa shape index (κ1) is 18.9. The molecule has 2 unspecified atom stereocenters. The number of nitrogens with one attached hydrogen (secondary N) is 2. The number of H-pyrrole nitrogens is 1. The number of urea groups is 1. The Kier molecular flexibility index (Phi) is 6.46. The van der Waals surface area contributed by atoms with Crippen LogP contribution in [-0.4, -0.2) is 44.8 Å². The highest BCUT2D eigenvalue weighted by molar-refractivity contribution is 5.75. The summed E-state index contributed by atoms with van der Waals surface area (Å²) in [5.41, 5.74) is 2.09. The van der Waals surface area contributed by atoms with E-state index in [-0.39, 0.29) is 24.5 Å². The Morgan fingerprint density at radius 3 is 2.81 bits per heavy atom. The Balaban J connectivity index is 1.68. The molecule has 1 aromatic carbocycles. The molecule has 1 aliphatic rings. The Morgan fingerprint density at radius 2 is 2.11 bits per heavy atom. The largest absolute Gasteiger partial charge is 0.481 e. The van der Waals surface area contributed by atoms with Crippen LogP contribution in [0.5, 0.6) is 0 Å². The number of carboxylic acid groups (broad SMARTS) is 1. The van der Waals surface area contributed by atoms with Crippen molar-refractivity contribution in [1.82, 2.24) is 20.4 Å². The molecule has 144 valence electrons. The summed E-state index contributed by atoms with van der Waals surface area (Å²) in [7, 11) is 0. The number of nitrogens with zero attached hydrogens (tertiary/aromatic N) is 2. The van der Waals surface area contributed by atoms with E-state index in [4.69, 9.17) is 5.11 Å². The van der Waals surface area contributed by atoms with Crippen molar-refractivity contribution in [2.24, 2.45) is 0 Å². The monoisotopic (exact) mass is 370 g/mol. The van der Waals surface area contributed by atoms with Gasteiger partial charge in [0.2, 0.25) is 0 Å². The summed E-state index contributed by atoms with van der Waals surface area (Å²) < 4.78 is 0. The van der Waals surface area contributed by atoms with Gasteiger partial charge < -0.3 is 15.3 Å². The summed E-state index contributed by atoms with van der Waals surface area (Å²) in [6.07, 6.45) is 7.61. The molecule has 1 saturated heterocycles. The van der Waals surface area contributed by atoms with Gasteiger partial charge in [-0.15, -0.1) is 0 Å². The number of benzene rings is 1. The third-order valence-corrected chi connectivity index (χ3v) is 5.03. The number of carboxylic acids is 1. The molecule has 2 aromatic rings. The average molecular weight is 370 g/mol. The van der Waals surface area contributed by atoms with Crippen LogP contribution in [0.15, 0.2) is 42.7 Å². The summed E-state index contributed by atoms with van der Waals surface area (Å²) in [6.45, 7) is 0.693. The number of amides is 2. The van der Waals surface area contributed by atoms with Gasteiger partial charge in [-0.05, 0) is 37.7 Å². The number of aromatic nitrogens is 2. The van der Waals surface area contributed by atoms with Gasteiger partial charge in [-0.2, -0.15) is 5.10 Å². The summed E-state index contributed by atoms with van der Waals surface area (Å²) in [4.78, 5) is 25.9. The highest BCUT2D eigenvalue weighted by atomic mass is 16.4. The van der Waals surface area contributed by atoms with Gasteiger partial charge in [-0.3, -0.25) is 9.89 Å². The van der Waals surface area contributed by atoms with Crippen molar-refractivity contribution < 1.29 is 14.7 Å². The van der Waals surface area contributed by atoms with Gasteiger partial charge in [-0.25, -0.2) is 4.79 Å². The van der Waals surface area contributed by atoms with E-state index in [2.05, 4.69) is 15.5 Å². The minimum Gasteiger partial charge on any atom is -0.481 e. The van der Waals surface area contributed by atoms with Crippen molar-refractivity contribution >= 4 is 12.0 Å². The van der Waals surface area contributed by atoms with Gasteiger partial charge in [0.1, 0.15) is 0 Å². The standard InChI is InChI=1S/C20H26N4O3/c25-19(26)10-9-17(12-15-6-2-1-3-7-15)23-20(27)24-11-5-4-8-18(24)16-13-21-22-14-16/h1-3,6-7,13-14,17-18H,4-5,8-12H2,(H,21,22)(H,23,27)(H,25,26). The number of aromatic amines is 1. The number of hydrogen-bond donors (Lipinski definition) is 3. The van der Waals surface area contributed by atoms with Crippen LogP contribution in [0.3, 0.4) is 0 Å². The number of aliphatic carboxylic acids is 1. The van der Waals surface area contributed by atoms with Crippen LogP contribution in [0.1, 0.15) is 49.3 Å². The Bertz CT molecular complexity index is 733. The van der Waals surface area contributed by atoms with Crippen molar-refractivity contribution in [1.29, 1.82) is 0 Å².